The number of benzene rings is 1. The van der Waals surface area contributed by atoms with E-state index >= 15 is 0 Å². The van der Waals surface area contributed by atoms with Crippen molar-refractivity contribution in [1.82, 2.24) is 14.9 Å². The van der Waals surface area contributed by atoms with Crippen LogP contribution >= 0.6 is 22.9 Å². The number of rotatable bonds is 6. The number of hydrogen-bond donors (Lipinski definition) is 1. The van der Waals surface area contributed by atoms with Gasteiger partial charge < -0.3 is 9.88 Å². The Bertz CT molecular complexity index is 730. The van der Waals surface area contributed by atoms with Gasteiger partial charge in [-0.3, -0.25) is 0 Å². The molecule has 0 saturated carbocycles. The highest BCUT2D eigenvalue weighted by Gasteiger charge is 2.06. The van der Waals surface area contributed by atoms with Gasteiger partial charge in [0.1, 0.15) is 5.01 Å². The van der Waals surface area contributed by atoms with E-state index in [-0.39, 0.29) is 0 Å². The Balaban J connectivity index is 1.49. The van der Waals surface area contributed by atoms with Crippen LogP contribution in [0.2, 0.25) is 5.02 Å². The second-order valence-electron chi connectivity index (χ2n) is 5.18. The lowest BCUT2D eigenvalue weighted by atomic mass is 10.1. The SMILES string of the molecule is Cn1cccc1-c1cnc(CNCCc2ccc(Cl)cc2)s1. The number of halogens is 1. The van der Waals surface area contributed by atoms with Crippen molar-refractivity contribution in [3.05, 3.63) is 64.4 Å². The fourth-order valence-corrected chi connectivity index (χ4v) is 3.39. The van der Waals surface area contributed by atoms with Gasteiger partial charge in [0.2, 0.25) is 0 Å². The third-order valence-corrected chi connectivity index (χ3v) is 4.80. The summed E-state index contributed by atoms with van der Waals surface area (Å²) in [5, 5.41) is 5.35. The molecule has 0 spiro atoms. The number of thiazole rings is 1. The van der Waals surface area contributed by atoms with E-state index in [1.165, 1.54) is 16.1 Å². The molecule has 1 aromatic carbocycles. The van der Waals surface area contributed by atoms with Crippen molar-refractivity contribution in [1.29, 1.82) is 0 Å². The van der Waals surface area contributed by atoms with E-state index < -0.39 is 0 Å². The van der Waals surface area contributed by atoms with Gasteiger partial charge in [-0.15, -0.1) is 11.3 Å². The van der Waals surface area contributed by atoms with Crippen LogP contribution in [0, 0.1) is 0 Å². The quantitative estimate of drug-likeness (QED) is 0.688. The zero-order valence-electron chi connectivity index (χ0n) is 12.4. The molecule has 1 N–H and O–H groups in total. The Hall–Kier alpha value is -1.62. The summed E-state index contributed by atoms with van der Waals surface area (Å²) in [5.41, 5.74) is 2.51. The van der Waals surface area contributed by atoms with Gasteiger partial charge in [0.15, 0.2) is 0 Å². The Morgan fingerprint density at radius 3 is 2.77 bits per heavy atom. The Kier molecular flexibility index (Phi) is 4.93. The monoisotopic (exact) mass is 331 g/mol. The highest BCUT2D eigenvalue weighted by molar-refractivity contribution is 7.15. The molecule has 0 radical (unpaired) electrons. The topological polar surface area (TPSA) is 29.9 Å². The molecule has 22 heavy (non-hydrogen) atoms. The van der Waals surface area contributed by atoms with Crippen molar-refractivity contribution >= 4 is 22.9 Å². The van der Waals surface area contributed by atoms with Crippen LogP contribution in [0.25, 0.3) is 10.6 Å². The molecule has 0 bridgehead atoms. The molecule has 0 aliphatic rings. The largest absolute Gasteiger partial charge is 0.350 e. The normalized spacial score (nSPS) is 11.0. The molecule has 5 heteroatoms. The van der Waals surface area contributed by atoms with E-state index in [1.54, 1.807) is 11.3 Å². The maximum Gasteiger partial charge on any atom is 0.107 e. The molecule has 0 amide bonds. The van der Waals surface area contributed by atoms with Gasteiger partial charge >= 0.3 is 0 Å². The van der Waals surface area contributed by atoms with Crippen LogP contribution in [-0.4, -0.2) is 16.1 Å². The lowest BCUT2D eigenvalue weighted by Crippen LogP contribution is -2.16. The number of nitrogens with zero attached hydrogens (tertiary/aromatic N) is 2. The second-order valence-corrected chi connectivity index (χ2v) is 6.73. The number of nitrogens with one attached hydrogen (secondary N) is 1. The molecule has 3 aromatic rings. The average molecular weight is 332 g/mol. The average Bonchev–Trinajstić information content (AvgIpc) is 3.14. The maximum atomic E-state index is 5.88. The minimum absolute atomic E-state index is 0.785. The van der Waals surface area contributed by atoms with E-state index in [2.05, 4.69) is 52.4 Å². The number of aromatic nitrogens is 2. The van der Waals surface area contributed by atoms with E-state index in [1.807, 2.05) is 18.3 Å². The van der Waals surface area contributed by atoms with E-state index in [4.69, 9.17) is 11.6 Å². The van der Waals surface area contributed by atoms with Gasteiger partial charge in [-0.1, -0.05) is 23.7 Å². The smallest absolute Gasteiger partial charge is 0.107 e. The summed E-state index contributed by atoms with van der Waals surface area (Å²) in [7, 11) is 2.05. The predicted molar refractivity (Wildman–Crippen MR) is 93.4 cm³/mol. The fourth-order valence-electron chi connectivity index (χ4n) is 2.31. The highest BCUT2D eigenvalue weighted by Crippen LogP contribution is 2.25. The van der Waals surface area contributed by atoms with Crippen molar-refractivity contribution in [3.8, 4) is 10.6 Å². The molecule has 2 heterocycles. The molecule has 0 aliphatic heterocycles. The third kappa shape index (κ3) is 3.77. The number of hydrogen-bond acceptors (Lipinski definition) is 3. The summed E-state index contributed by atoms with van der Waals surface area (Å²) in [6, 6.07) is 12.2. The van der Waals surface area contributed by atoms with E-state index in [0.717, 1.165) is 29.5 Å². The minimum atomic E-state index is 0.785. The molecule has 2 aromatic heterocycles. The van der Waals surface area contributed by atoms with Crippen LogP contribution in [0.15, 0.2) is 48.8 Å². The van der Waals surface area contributed by atoms with Crippen LogP contribution in [-0.2, 0) is 20.0 Å². The molecule has 0 atom stereocenters. The van der Waals surface area contributed by atoms with Crippen LogP contribution in [0.3, 0.4) is 0 Å². The van der Waals surface area contributed by atoms with Gasteiger partial charge in [0, 0.05) is 31.0 Å². The first kappa shape index (κ1) is 15.3. The lowest BCUT2D eigenvalue weighted by molar-refractivity contribution is 0.684. The molecule has 0 aliphatic carbocycles. The minimum Gasteiger partial charge on any atom is -0.350 e. The Labute approximate surface area is 139 Å². The zero-order valence-corrected chi connectivity index (χ0v) is 14.0. The summed E-state index contributed by atoms with van der Waals surface area (Å²) in [6.45, 7) is 1.74. The van der Waals surface area contributed by atoms with Crippen molar-refractivity contribution in [2.75, 3.05) is 6.54 Å². The van der Waals surface area contributed by atoms with Crippen LogP contribution in [0.1, 0.15) is 10.6 Å². The molecule has 0 unspecified atom stereocenters. The summed E-state index contributed by atoms with van der Waals surface area (Å²) in [5.74, 6) is 0. The summed E-state index contributed by atoms with van der Waals surface area (Å²) in [4.78, 5) is 5.70. The molecule has 0 fully saturated rings. The van der Waals surface area contributed by atoms with Gasteiger partial charge in [-0.05, 0) is 42.8 Å². The fraction of sp³-hybridized carbons (Fsp3) is 0.235. The van der Waals surface area contributed by atoms with Crippen LogP contribution in [0.4, 0.5) is 0 Å². The first-order chi connectivity index (χ1) is 10.7. The van der Waals surface area contributed by atoms with Crippen LogP contribution < -0.4 is 5.32 Å². The standard InChI is InChI=1S/C17H18ClN3S/c1-21-10-2-3-15(21)16-11-20-17(22-16)12-19-9-8-13-4-6-14(18)7-5-13/h2-7,10-11,19H,8-9,12H2,1H3. The zero-order chi connectivity index (χ0) is 15.4. The Morgan fingerprint density at radius 2 is 2.05 bits per heavy atom. The summed E-state index contributed by atoms with van der Waals surface area (Å²) in [6.07, 6.45) is 5.00. The summed E-state index contributed by atoms with van der Waals surface area (Å²) >= 11 is 7.63. The van der Waals surface area contributed by atoms with Gasteiger partial charge in [-0.2, -0.15) is 0 Å². The van der Waals surface area contributed by atoms with Crippen molar-refractivity contribution < 1.29 is 0 Å². The predicted octanol–water partition coefficient (Wildman–Crippen LogP) is 4.13. The first-order valence-electron chi connectivity index (χ1n) is 7.24. The Morgan fingerprint density at radius 1 is 1.23 bits per heavy atom. The first-order valence-corrected chi connectivity index (χ1v) is 8.43. The molecular formula is C17H18ClN3S. The second kappa shape index (κ2) is 7.09. The van der Waals surface area contributed by atoms with Gasteiger partial charge in [0.25, 0.3) is 0 Å². The van der Waals surface area contributed by atoms with Crippen molar-refractivity contribution in [3.63, 3.8) is 0 Å². The maximum absolute atomic E-state index is 5.88. The van der Waals surface area contributed by atoms with Gasteiger partial charge in [-0.25, -0.2) is 4.98 Å². The third-order valence-electron chi connectivity index (χ3n) is 3.53. The van der Waals surface area contributed by atoms with Crippen LogP contribution in [0.5, 0.6) is 0 Å². The van der Waals surface area contributed by atoms with Gasteiger partial charge in [0.05, 0.1) is 10.6 Å². The number of aryl methyl sites for hydroxylation is 1. The molecule has 114 valence electrons. The summed E-state index contributed by atoms with van der Waals surface area (Å²) < 4.78 is 2.12. The molecule has 3 rings (SSSR count). The molecule has 3 nitrogen and oxygen atoms in total. The van der Waals surface area contributed by atoms with Crippen molar-refractivity contribution in [2.45, 2.75) is 13.0 Å². The lowest BCUT2D eigenvalue weighted by Gasteiger charge is -2.03. The molecular weight excluding hydrogens is 314 g/mol. The van der Waals surface area contributed by atoms with E-state index in [9.17, 15) is 0 Å². The highest BCUT2D eigenvalue weighted by atomic mass is 35.5. The molecule has 0 saturated heterocycles. The van der Waals surface area contributed by atoms with E-state index in [0.29, 0.717) is 0 Å². The van der Waals surface area contributed by atoms with Crippen molar-refractivity contribution in [2.24, 2.45) is 7.05 Å².